The van der Waals surface area contributed by atoms with Crippen molar-refractivity contribution in [2.45, 2.75) is 65.5 Å². The first-order valence-corrected chi connectivity index (χ1v) is 8.13. The molecule has 114 valence electrons. The maximum Gasteiger partial charge on any atom is 0.123 e. The Balaban J connectivity index is 0.000000704. The zero-order chi connectivity index (χ0) is 14.9. The summed E-state index contributed by atoms with van der Waals surface area (Å²) < 4.78 is 6.13. The lowest BCUT2D eigenvalue weighted by molar-refractivity contribution is -0.00960. The quantitative estimate of drug-likeness (QED) is 0.626. The second kappa shape index (κ2) is 5.88. The molecule has 1 saturated heterocycles. The zero-order valence-electron chi connectivity index (χ0n) is 13.5. The van der Waals surface area contributed by atoms with Crippen molar-refractivity contribution < 1.29 is 4.74 Å². The van der Waals surface area contributed by atoms with Crippen LogP contribution in [0.25, 0.3) is 0 Å². The molecule has 1 heterocycles. The van der Waals surface area contributed by atoms with Crippen LogP contribution in [0.1, 0.15) is 53.4 Å². The highest BCUT2D eigenvalue weighted by Gasteiger charge is 2.52. The first kappa shape index (κ1) is 15.6. The topological polar surface area (TPSA) is 36.3 Å². The molecule has 3 fully saturated rings. The molecule has 0 aromatic carbocycles. The number of hydrogen-bond acceptors (Lipinski definition) is 2. The molecular formula is C17H30N2O. The lowest BCUT2D eigenvalue weighted by Gasteiger charge is -2.33. The van der Waals surface area contributed by atoms with E-state index in [0.717, 1.165) is 25.1 Å². The molecule has 0 aromatic heterocycles. The van der Waals surface area contributed by atoms with E-state index in [1.54, 1.807) is 0 Å². The van der Waals surface area contributed by atoms with Crippen molar-refractivity contribution in [2.75, 3.05) is 13.2 Å². The molecule has 0 amide bonds. The molecule has 3 aliphatic rings. The Bertz CT molecular complexity index is 386. The Hall–Kier alpha value is -0.830. The molecule has 1 N–H and O–H groups in total. The van der Waals surface area contributed by atoms with Crippen LogP contribution in [-0.4, -0.2) is 36.0 Å². The van der Waals surface area contributed by atoms with Gasteiger partial charge in [-0.15, -0.1) is 0 Å². The maximum atomic E-state index is 8.06. The molecule has 0 radical (unpaired) electrons. The van der Waals surface area contributed by atoms with E-state index in [0.29, 0.717) is 29.3 Å². The predicted molar refractivity (Wildman–Crippen MR) is 84.2 cm³/mol. The monoisotopic (exact) mass is 278 g/mol. The third-order valence-corrected chi connectivity index (χ3v) is 4.78. The van der Waals surface area contributed by atoms with Crippen molar-refractivity contribution in [3.05, 3.63) is 12.2 Å². The van der Waals surface area contributed by atoms with Crippen LogP contribution >= 0.6 is 0 Å². The highest BCUT2D eigenvalue weighted by atomic mass is 16.5. The first-order chi connectivity index (χ1) is 9.50. The Morgan fingerprint density at radius 1 is 1.40 bits per heavy atom. The van der Waals surface area contributed by atoms with Gasteiger partial charge in [-0.05, 0) is 43.6 Å². The number of rotatable bonds is 4. The highest BCUT2D eigenvalue weighted by molar-refractivity contribution is 5.95. The summed E-state index contributed by atoms with van der Waals surface area (Å²) in [6.45, 7) is 14.0. The molecule has 3 heteroatoms. The van der Waals surface area contributed by atoms with Gasteiger partial charge in [0, 0.05) is 18.5 Å². The van der Waals surface area contributed by atoms with Gasteiger partial charge in [-0.3, -0.25) is 5.41 Å². The average Bonchev–Trinajstić information content (AvgIpc) is 3.34. The fourth-order valence-electron chi connectivity index (χ4n) is 3.00. The van der Waals surface area contributed by atoms with Crippen molar-refractivity contribution in [2.24, 2.45) is 11.3 Å². The van der Waals surface area contributed by atoms with Gasteiger partial charge in [-0.25, -0.2) is 0 Å². The number of nitrogens with zero attached hydrogens (tertiary/aromatic N) is 1. The second-order valence-electron chi connectivity index (χ2n) is 6.74. The minimum atomic E-state index is 0.446. The van der Waals surface area contributed by atoms with Gasteiger partial charge in [0.1, 0.15) is 5.84 Å². The fourth-order valence-corrected chi connectivity index (χ4v) is 3.00. The van der Waals surface area contributed by atoms with Crippen LogP contribution < -0.4 is 0 Å². The largest absolute Gasteiger partial charge is 0.377 e. The molecule has 2 aliphatic carbocycles. The molecule has 3 atom stereocenters. The van der Waals surface area contributed by atoms with Crippen LogP contribution in [-0.2, 0) is 4.74 Å². The molecule has 3 unspecified atom stereocenters. The smallest absolute Gasteiger partial charge is 0.123 e. The predicted octanol–water partition coefficient (Wildman–Crippen LogP) is 3.85. The molecule has 2 saturated carbocycles. The molecule has 0 spiro atoms. The minimum absolute atomic E-state index is 0.446. The van der Waals surface area contributed by atoms with E-state index in [4.69, 9.17) is 10.1 Å². The Kier molecular flexibility index (Phi) is 4.58. The number of nitrogens with one attached hydrogen (secondary N) is 1. The van der Waals surface area contributed by atoms with E-state index in [-0.39, 0.29) is 0 Å². The first-order valence-electron chi connectivity index (χ1n) is 8.13. The fraction of sp³-hybridized carbons (Fsp3) is 0.824. The standard InChI is InChI=1S/C15H24N2O.C2H6/c1-10(2)14(16)17-7-4-13(11-8-12(11)17)18-9-15(3)5-6-15;1-2/h11-13,16H,1,4-9H2,2-3H3;1-2H3. The summed E-state index contributed by atoms with van der Waals surface area (Å²) in [7, 11) is 0. The summed E-state index contributed by atoms with van der Waals surface area (Å²) in [5.41, 5.74) is 1.37. The van der Waals surface area contributed by atoms with Crippen LogP contribution in [0.5, 0.6) is 0 Å². The van der Waals surface area contributed by atoms with Crippen LogP contribution in [0.4, 0.5) is 0 Å². The van der Waals surface area contributed by atoms with Crippen LogP contribution in [0, 0.1) is 16.7 Å². The molecule has 20 heavy (non-hydrogen) atoms. The number of piperidine rings is 1. The molecule has 0 bridgehead atoms. The van der Waals surface area contributed by atoms with Gasteiger partial charge in [0.05, 0.1) is 12.7 Å². The van der Waals surface area contributed by atoms with Crippen LogP contribution in [0.15, 0.2) is 12.2 Å². The summed E-state index contributed by atoms with van der Waals surface area (Å²) in [4.78, 5) is 2.23. The van der Waals surface area contributed by atoms with Gasteiger partial charge < -0.3 is 9.64 Å². The van der Waals surface area contributed by atoms with E-state index >= 15 is 0 Å². The summed E-state index contributed by atoms with van der Waals surface area (Å²) in [6, 6.07) is 0.556. The number of amidine groups is 1. The van der Waals surface area contributed by atoms with E-state index in [1.807, 2.05) is 20.8 Å². The lowest BCUT2D eigenvalue weighted by atomic mass is 10.1. The van der Waals surface area contributed by atoms with Crippen LogP contribution in [0.3, 0.4) is 0 Å². The normalized spacial score (nSPS) is 32.6. The average molecular weight is 278 g/mol. The van der Waals surface area contributed by atoms with E-state index in [2.05, 4.69) is 18.4 Å². The summed E-state index contributed by atoms with van der Waals surface area (Å²) in [5, 5.41) is 8.06. The lowest BCUT2D eigenvalue weighted by Crippen LogP contribution is -2.42. The summed E-state index contributed by atoms with van der Waals surface area (Å²) in [6.07, 6.45) is 5.39. The van der Waals surface area contributed by atoms with Gasteiger partial charge in [-0.1, -0.05) is 27.4 Å². The van der Waals surface area contributed by atoms with Crippen molar-refractivity contribution in [1.29, 1.82) is 5.41 Å². The maximum absolute atomic E-state index is 8.06. The molecule has 3 rings (SSSR count). The zero-order valence-corrected chi connectivity index (χ0v) is 13.5. The molecule has 3 nitrogen and oxygen atoms in total. The molecule has 0 aromatic rings. The van der Waals surface area contributed by atoms with Crippen molar-refractivity contribution in [3.63, 3.8) is 0 Å². The number of hydrogen-bond donors (Lipinski definition) is 1. The Labute approximate surface area is 123 Å². The van der Waals surface area contributed by atoms with Gasteiger partial charge in [0.15, 0.2) is 0 Å². The van der Waals surface area contributed by atoms with E-state index < -0.39 is 0 Å². The molecular weight excluding hydrogens is 248 g/mol. The Morgan fingerprint density at radius 2 is 2.05 bits per heavy atom. The Morgan fingerprint density at radius 3 is 2.60 bits per heavy atom. The van der Waals surface area contributed by atoms with E-state index in [1.165, 1.54) is 19.3 Å². The summed E-state index contributed by atoms with van der Waals surface area (Å²) >= 11 is 0. The van der Waals surface area contributed by atoms with Crippen molar-refractivity contribution >= 4 is 5.84 Å². The second-order valence-corrected chi connectivity index (χ2v) is 6.74. The number of fused-ring (bicyclic) bond motifs is 1. The van der Waals surface area contributed by atoms with Crippen LogP contribution in [0.2, 0.25) is 0 Å². The minimum Gasteiger partial charge on any atom is -0.377 e. The third kappa shape index (κ3) is 3.25. The van der Waals surface area contributed by atoms with E-state index in [9.17, 15) is 0 Å². The van der Waals surface area contributed by atoms with Gasteiger partial charge >= 0.3 is 0 Å². The van der Waals surface area contributed by atoms with Crippen molar-refractivity contribution in [1.82, 2.24) is 4.90 Å². The summed E-state index contributed by atoms with van der Waals surface area (Å²) in [5.74, 6) is 1.30. The van der Waals surface area contributed by atoms with Gasteiger partial charge in [0.2, 0.25) is 0 Å². The van der Waals surface area contributed by atoms with Crippen molar-refractivity contribution in [3.8, 4) is 0 Å². The van der Waals surface area contributed by atoms with Gasteiger partial charge in [-0.2, -0.15) is 0 Å². The number of ether oxygens (including phenoxy) is 1. The SMILES string of the molecule is C=C(C)C(=N)N1CCC(OCC2(C)CC2)C2CC21.CC. The highest BCUT2D eigenvalue weighted by Crippen LogP contribution is 2.48. The van der Waals surface area contributed by atoms with Gasteiger partial charge in [0.25, 0.3) is 0 Å². The molecule has 1 aliphatic heterocycles. The number of likely N-dealkylation sites (tertiary alicyclic amines) is 1. The third-order valence-electron chi connectivity index (χ3n) is 4.78.